The lowest BCUT2D eigenvalue weighted by Gasteiger charge is -2.26. The van der Waals surface area contributed by atoms with E-state index in [0.717, 1.165) is 18.3 Å². The number of amides is 1. The molecule has 0 N–H and O–H groups in total. The van der Waals surface area contributed by atoms with Crippen LogP contribution < -0.4 is 0 Å². The van der Waals surface area contributed by atoms with Gasteiger partial charge in [-0.15, -0.1) is 0 Å². The summed E-state index contributed by atoms with van der Waals surface area (Å²) in [5, 5.41) is 0.961. The minimum Gasteiger partial charge on any atom is -0.340 e. The lowest BCUT2D eigenvalue weighted by Crippen LogP contribution is -2.38. The average Bonchev–Trinajstić information content (AvgIpc) is 2.05. The number of alkyl halides is 1. The second-order valence-corrected chi connectivity index (χ2v) is 4.82. The van der Waals surface area contributed by atoms with Crippen molar-refractivity contribution < 1.29 is 4.79 Å². The summed E-state index contributed by atoms with van der Waals surface area (Å²) < 4.78 is 0. The van der Waals surface area contributed by atoms with Crippen LogP contribution in [0.1, 0.15) is 20.3 Å². The van der Waals surface area contributed by atoms with Crippen molar-refractivity contribution in [1.29, 1.82) is 0 Å². The summed E-state index contributed by atoms with van der Waals surface area (Å²) in [6, 6.07) is 0.318. The summed E-state index contributed by atoms with van der Waals surface area (Å²) in [5.74, 6) is 0.851. The largest absolute Gasteiger partial charge is 0.340 e. The number of nitrogens with zero attached hydrogens (tertiary/aromatic N) is 1. The maximum Gasteiger partial charge on any atom is 0.232 e. The molecular weight excluding hydrogens is 250 g/mol. The molecule has 0 aliphatic carbocycles. The third kappa shape index (κ3) is 5.57. The Hall–Kier alpha value is 0.300. The number of hydrogen-bond donors (Lipinski definition) is 0. The first-order valence-corrected chi connectivity index (χ1v) is 6.99. The molecule has 0 saturated heterocycles. The van der Waals surface area contributed by atoms with E-state index >= 15 is 0 Å². The standard InChI is InChI=1S/C9H18BrNOS/c1-8(2)11(6-4-5-10)9(12)7-13-3/h8H,4-7H2,1-3H3. The Bertz CT molecular complexity index is 153. The summed E-state index contributed by atoms with van der Waals surface area (Å²) in [5.41, 5.74) is 0. The van der Waals surface area contributed by atoms with Crippen LogP contribution in [0.3, 0.4) is 0 Å². The van der Waals surface area contributed by atoms with Gasteiger partial charge in [-0.25, -0.2) is 0 Å². The fourth-order valence-electron chi connectivity index (χ4n) is 1.11. The number of hydrogen-bond acceptors (Lipinski definition) is 2. The Kier molecular flexibility index (Phi) is 7.86. The van der Waals surface area contributed by atoms with Crippen molar-refractivity contribution in [1.82, 2.24) is 4.90 Å². The normalized spacial score (nSPS) is 10.5. The first-order chi connectivity index (χ1) is 6.13. The summed E-state index contributed by atoms with van der Waals surface area (Å²) in [4.78, 5) is 13.5. The van der Waals surface area contributed by atoms with Crippen LogP contribution in [0.25, 0.3) is 0 Å². The van der Waals surface area contributed by atoms with Gasteiger partial charge >= 0.3 is 0 Å². The van der Waals surface area contributed by atoms with E-state index in [1.807, 2.05) is 11.2 Å². The third-order valence-corrected chi connectivity index (χ3v) is 2.84. The molecule has 0 atom stereocenters. The van der Waals surface area contributed by atoms with Crippen molar-refractivity contribution in [2.75, 3.05) is 23.9 Å². The number of carbonyl (C=O) groups excluding carboxylic acids is 1. The maximum absolute atomic E-state index is 11.6. The monoisotopic (exact) mass is 267 g/mol. The lowest BCUT2D eigenvalue weighted by atomic mass is 10.3. The molecule has 0 aliphatic heterocycles. The Morgan fingerprint density at radius 2 is 2.15 bits per heavy atom. The van der Waals surface area contributed by atoms with E-state index in [1.54, 1.807) is 11.8 Å². The van der Waals surface area contributed by atoms with Gasteiger partial charge < -0.3 is 4.90 Å². The molecule has 0 rings (SSSR count). The summed E-state index contributed by atoms with van der Waals surface area (Å²) >= 11 is 4.96. The van der Waals surface area contributed by atoms with Gasteiger partial charge in [-0.2, -0.15) is 11.8 Å². The van der Waals surface area contributed by atoms with Crippen LogP contribution in [0.15, 0.2) is 0 Å². The van der Waals surface area contributed by atoms with Crippen LogP contribution in [0, 0.1) is 0 Å². The van der Waals surface area contributed by atoms with E-state index < -0.39 is 0 Å². The number of halogens is 1. The Morgan fingerprint density at radius 3 is 2.54 bits per heavy atom. The number of carbonyl (C=O) groups is 1. The summed E-state index contributed by atoms with van der Waals surface area (Å²) in [7, 11) is 0. The minimum atomic E-state index is 0.253. The molecule has 0 unspecified atom stereocenters. The van der Waals surface area contributed by atoms with Crippen molar-refractivity contribution in [2.24, 2.45) is 0 Å². The summed E-state index contributed by atoms with van der Waals surface area (Å²) in [6.45, 7) is 4.99. The van der Waals surface area contributed by atoms with Gasteiger partial charge in [0.2, 0.25) is 5.91 Å². The minimum absolute atomic E-state index is 0.253. The molecule has 1 amide bonds. The quantitative estimate of drug-likeness (QED) is 0.689. The predicted molar refractivity (Wildman–Crippen MR) is 63.6 cm³/mol. The SMILES string of the molecule is CSCC(=O)N(CCCBr)C(C)C. The lowest BCUT2D eigenvalue weighted by molar-refractivity contribution is -0.130. The second kappa shape index (κ2) is 7.68. The number of rotatable bonds is 6. The molecule has 0 aromatic carbocycles. The van der Waals surface area contributed by atoms with Gasteiger partial charge in [-0.3, -0.25) is 4.79 Å². The molecule has 78 valence electrons. The van der Waals surface area contributed by atoms with E-state index in [0.29, 0.717) is 11.8 Å². The van der Waals surface area contributed by atoms with Gasteiger partial charge in [-0.05, 0) is 26.5 Å². The van der Waals surface area contributed by atoms with Gasteiger partial charge in [0, 0.05) is 17.9 Å². The predicted octanol–water partition coefficient (Wildman–Crippen LogP) is 2.37. The van der Waals surface area contributed by atoms with E-state index in [1.165, 1.54) is 0 Å². The highest BCUT2D eigenvalue weighted by Crippen LogP contribution is 2.05. The van der Waals surface area contributed by atoms with Crippen LogP contribution >= 0.6 is 27.7 Å². The van der Waals surface area contributed by atoms with Crippen molar-refractivity contribution in [3.8, 4) is 0 Å². The molecule has 2 nitrogen and oxygen atoms in total. The van der Waals surface area contributed by atoms with E-state index in [2.05, 4.69) is 29.8 Å². The van der Waals surface area contributed by atoms with Crippen LogP contribution in [-0.2, 0) is 4.79 Å². The Labute approximate surface area is 93.6 Å². The van der Waals surface area contributed by atoms with Crippen LogP contribution in [0.4, 0.5) is 0 Å². The van der Waals surface area contributed by atoms with Gasteiger partial charge in [0.15, 0.2) is 0 Å². The van der Waals surface area contributed by atoms with Crippen LogP contribution in [-0.4, -0.2) is 40.7 Å². The smallest absolute Gasteiger partial charge is 0.232 e. The molecule has 0 bridgehead atoms. The molecule has 0 aliphatic rings. The van der Waals surface area contributed by atoms with Crippen molar-refractivity contribution in [3.05, 3.63) is 0 Å². The highest BCUT2D eigenvalue weighted by molar-refractivity contribution is 9.09. The Balaban J connectivity index is 3.99. The Morgan fingerprint density at radius 1 is 1.54 bits per heavy atom. The first-order valence-electron chi connectivity index (χ1n) is 4.47. The summed E-state index contributed by atoms with van der Waals surface area (Å²) in [6.07, 6.45) is 2.99. The molecule has 0 saturated carbocycles. The molecular formula is C9H18BrNOS. The molecule has 0 heterocycles. The molecule has 0 spiro atoms. The maximum atomic E-state index is 11.6. The molecule has 13 heavy (non-hydrogen) atoms. The van der Waals surface area contributed by atoms with Crippen LogP contribution in [0.5, 0.6) is 0 Å². The van der Waals surface area contributed by atoms with Crippen molar-refractivity contribution in [2.45, 2.75) is 26.3 Å². The fourth-order valence-corrected chi connectivity index (χ4v) is 1.77. The van der Waals surface area contributed by atoms with Gasteiger partial charge in [0.05, 0.1) is 5.75 Å². The number of thioether (sulfide) groups is 1. The second-order valence-electron chi connectivity index (χ2n) is 3.16. The average molecular weight is 268 g/mol. The molecule has 0 radical (unpaired) electrons. The molecule has 0 aromatic heterocycles. The van der Waals surface area contributed by atoms with Gasteiger partial charge in [0.25, 0.3) is 0 Å². The van der Waals surface area contributed by atoms with Crippen molar-refractivity contribution in [3.63, 3.8) is 0 Å². The van der Waals surface area contributed by atoms with Crippen LogP contribution in [0.2, 0.25) is 0 Å². The van der Waals surface area contributed by atoms with Crippen molar-refractivity contribution >= 4 is 33.6 Å². The van der Waals surface area contributed by atoms with E-state index in [9.17, 15) is 4.79 Å². The zero-order chi connectivity index (χ0) is 10.3. The topological polar surface area (TPSA) is 20.3 Å². The molecule has 0 fully saturated rings. The van der Waals surface area contributed by atoms with E-state index in [-0.39, 0.29) is 5.91 Å². The third-order valence-electron chi connectivity index (χ3n) is 1.74. The molecule has 4 heteroatoms. The molecule has 0 aromatic rings. The van der Waals surface area contributed by atoms with Gasteiger partial charge in [0.1, 0.15) is 0 Å². The fraction of sp³-hybridized carbons (Fsp3) is 0.889. The van der Waals surface area contributed by atoms with E-state index in [4.69, 9.17) is 0 Å². The zero-order valence-corrected chi connectivity index (χ0v) is 10.9. The van der Waals surface area contributed by atoms with Gasteiger partial charge in [-0.1, -0.05) is 15.9 Å². The highest BCUT2D eigenvalue weighted by Gasteiger charge is 2.14. The highest BCUT2D eigenvalue weighted by atomic mass is 79.9. The first kappa shape index (κ1) is 13.3. The zero-order valence-electron chi connectivity index (χ0n) is 8.55.